The quantitative estimate of drug-likeness (QED) is 0.784. The molecule has 4 nitrogen and oxygen atoms in total. The van der Waals surface area contributed by atoms with Gasteiger partial charge in [-0.2, -0.15) is 26.3 Å². The van der Waals surface area contributed by atoms with Crippen LogP contribution >= 0.6 is 0 Å². The van der Waals surface area contributed by atoms with Crippen LogP contribution in [-0.2, 0) is 9.59 Å². The van der Waals surface area contributed by atoms with Crippen molar-refractivity contribution in [3.63, 3.8) is 0 Å². The maximum Gasteiger partial charge on any atom is 0.490 e. The number of carboxylic acids is 1. The molecule has 0 atom stereocenters. The van der Waals surface area contributed by atoms with Gasteiger partial charge in [-0.05, 0) is 12.1 Å². The average Bonchev–Trinajstić information content (AvgIpc) is 2.28. The first kappa shape index (κ1) is 17.7. The Morgan fingerprint density at radius 3 is 1.60 bits per heavy atom. The summed E-state index contributed by atoms with van der Waals surface area (Å²) in [6.45, 7) is 0. The van der Waals surface area contributed by atoms with Gasteiger partial charge in [0.15, 0.2) is 0 Å². The van der Waals surface area contributed by atoms with E-state index in [0.717, 1.165) is 0 Å². The van der Waals surface area contributed by atoms with Gasteiger partial charge in [0.1, 0.15) is 0 Å². The Morgan fingerprint density at radius 1 is 0.900 bits per heavy atom. The summed E-state index contributed by atoms with van der Waals surface area (Å²) in [4.78, 5) is 19.3. The summed E-state index contributed by atoms with van der Waals surface area (Å²) in [6.07, 6.45) is -9.92. The molecule has 10 heteroatoms. The zero-order valence-corrected chi connectivity index (χ0v) is 9.42. The first-order valence-electron chi connectivity index (χ1n) is 4.68. The lowest BCUT2D eigenvalue weighted by atomic mass is 10.3. The molecule has 0 bridgehead atoms. The summed E-state index contributed by atoms with van der Waals surface area (Å²) < 4.78 is 66.9. The minimum absolute atomic E-state index is 0.129. The smallest absolute Gasteiger partial charge is 0.475 e. The van der Waals surface area contributed by atoms with Gasteiger partial charge < -0.3 is 10.4 Å². The van der Waals surface area contributed by atoms with Crippen LogP contribution in [0.4, 0.5) is 32.0 Å². The number of para-hydroxylation sites is 1. The van der Waals surface area contributed by atoms with Gasteiger partial charge in [0, 0.05) is 5.69 Å². The zero-order chi connectivity index (χ0) is 16.0. The van der Waals surface area contributed by atoms with E-state index in [0.29, 0.717) is 0 Å². The van der Waals surface area contributed by atoms with Crippen LogP contribution < -0.4 is 5.32 Å². The van der Waals surface area contributed by atoms with Crippen molar-refractivity contribution in [3.05, 3.63) is 30.3 Å². The predicted octanol–water partition coefficient (Wildman–Crippen LogP) is 2.82. The highest BCUT2D eigenvalue weighted by Gasteiger charge is 2.39. The van der Waals surface area contributed by atoms with E-state index in [1.54, 1.807) is 11.4 Å². The van der Waals surface area contributed by atoms with Crippen LogP contribution in [0, 0.1) is 0 Å². The third kappa shape index (κ3) is 7.24. The molecule has 0 unspecified atom stereocenters. The third-order valence-electron chi connectivity index (χ3n) is 1.53. The molecule has 0 radical (unpaired) electrons. The second-order valence-corrected chi connectivity index (χ2v) is 3.12. The number of carbonyl (C=O) groups is 2. The zero-order valence-electron chi connectivity index (χ0n) is 9.42. The van der Waals surface area contributed by atoms with Gasteiger partial charge in [-0.3, -0.25) is 4.79 Å². The number of carboxylic acid groups (broad SMARTS) is 1. The van der Waals surface area contributed by atoms with Gasteiger partial charge >= 0.3 is 24.2 Å². The number of nitrogens with one attached hydrogen (secondary N) is 1. The molecule has 0 aliphatic carbocycles. The summed E-state index contributed by atoms with van der Waals surface area (Å²) in [5.41, 5.74) is 0.129. The minimum Gasteiger partial charge on any atom is -0.475 e. The highest BCUT2D eigenvalue weighted by Crippen LogP contribution is 2.17. The van der Waals surface area contributed by atoms with Gasteiger partial charge in [0.25, 0.3) is 0 Å². The van der Waals surface area contributed by atoms with E-state index in [2.05, 4.69) is 0 Å². The molecule has 1 aromatic carbocycles. The van der Waals surface area contributed by atoms with Crippen LogP contribution in [0.15, 0.2) is 30.3 Å². The Balaban J connectivity index is 0.000000441. The van der Waals surface area contributed by atoms with E-state index < -0.39 is 24.2 Å². The lowest BCUT2D eigenvalue weighted by Crippen LogP contribution is -2.29. The molecule has 0 saturated carbocycles. The Kier molecular flexibility index (Phi) is 6.01. The molecule has 1 amide bonds. The van der Waals surface area contributed by atoms with E-state index in [1.807, 2.05) is 0 Å². The van der Waals surface area contributed by atoms with E-state index in [1.165, 1.54) is 24.3 Å². The first-order valence-corrected chi connectivity index (χ1v) is 4.68. The molecule has 1 rings (SSSR count). The Labute approximate surface area is 108 Å². The number of hydrogen-bond acceptors (Lipinski definition) is 2. The monoisotopic (exact) mass is 303 g/mol. The molecular formula is C10H7F6NO3. The summed E-state index contributed by atoms with van der Waals surface area (Å²) in [6, 6.07) is 7.47. The maximum absolute atomic E-state index is 11.7. The fourth-order valence-electron chi connectivity index (χ4n) is 0.723. The number of aliphatic carboxylic acids is 1. The number of anilines is 1. The van der Waals surface area contributed by atoms with Crippen molar-refractivity contribution in [1.29, 1.82) is 0 Å². The van der Waals surface area contributed by atoms with Gasteiger partial charge in [0.2, 0.25) is 0 Å². The number of alkyl halides is 6. The summed E-state index contributed by atoms with van der Waals surface area (Å²) in [5.74, 6) is -4.72. The topological polar surface area (TPSA) is 66.4 Å². The lowest BCUT2D eigenvalue weighted by molar-refractivity contribution is -0.192. The van der Waals surface area contributed by atoms with Crippen LogP contribution in [0.1, 0.15) is 0 Å². The molecule has 0 aliphatic rings. The predicted molar refractivity (Wildman–Crippen MR) is 54.8 cm³/mol. The van der Waals surface area contributed by atoms with Crippen LogP contribution in [-0.4, -0.2) is 29.3 Å². The molecular weight excluding hydrogens is 296 g/mol. The van der Waals surface area contributed by atoms with E-state index >= 15 is 0 Å². The van der Waals surface area contributed by atoms with Crippen molar-refractivity contribution < 1.29 is 41.0 Å². The van der Waals surface area contributed by atoms with Crippen molar-refractivity contribution in [2.45, 2.75) is 12.4 Å². The highest BCUT2D eigenvalue weighted by molar-refractivity contribution is 5.94. The van der Waals surface area contributed by atoms with Crippen molar-refractivity contribution in [1.82, 2.24) is 0 Å². The van der Waals surface area contributed by atoms with Gasteiger partial charge in [0.05, 0.1) is 0 Å². The highest BCUT2D eigenvalue weighted by atomic mass is 19.4. The van der Waals surface area contributed by atoms with E-state index in [4.69, 9.17) is 9.90 Å². The molecule has 20 heavy (non-hydrogen) atoms. The van der Waals surface area contributed by atoms with Gasteiger partial charge in [-0.15, -0.1) is 0 Å². The van der Waals surface area contributed by atoms with Crippen LogP contribution in [0.2, 0.25) is 0 Å². The van der Waals surface area contributed by atoms with Gasteiger partial charge in [-0.25, -0.2) is 4.79 Å². The van der Waals surface area contributed by atoms with Crippen LogP contribution in [0.25, 0.3) is 0 Å². The average molecular weight is 303 g/mol. The standard InChI is InChI=1S/C8H6F3NO.C2HF3O2/c9-8(10,11)7(13)12-6-4-2-1-3-5-6;3-2(4,5)1(6)7/h1-5H,(H,12,13);(H,6,7). The first-order chi connectivity index (χ1) is 8.94. The van der Waals surface area contributed by atoms with Gasteiger partial charge in [-0.1, -0.05) is 18.2 Å². The number of benzene rings is 1. The van der Waals surface area contributed by atoms with Crippen molar-refractivity contribution >= 4 is 17.6 Å². The maximum atomic E-state index is 11.7. The molecule has 2 N–H and O–H groups in total. The third-order valence-corrected chi connectivity index (χ3v) is 1.53. The second-order valence-electron chi connectivity index (χ2n) is 3.12. The van der Waals surface area contributed by atoms with Crippen LogP contribution in [0.5, 0.6) is 0 Å². The molecule has 0 aliphatic heterocycles. The van der Waals surface area contributed by atoms with E-state index in [9.17, 15) is 31.1 Å². The molecule has 0 aromatic heterocycles. The fraction of sp³-hybridized carbons (Fsp3) is 0.200. The Morgan fingerprint density at radius 2 is 1.30 bits per heavy atom. The summed E-state index contributed by atoms with van der Waals surface area (Å²) in [7, 11) is 0. The van der Waals surface area contributed by atoms with E-state index in [-0.39, 0.29) is 5.69 Å². The number of halogens is 6. The van der Waals surface area contributed by atoms with Crippen LogP contribution in [0.3, 0.4) is 0 Å². The fourth-order valence-corrected chi connectivity index (χ4v) is 0.723. The lowest BCUT2D eigenvalue weighted by Gasteiger charge is -2.06. The van der Waals surface area contributed by atoms with Crippen molar-refractivity contribution in [2.24, 2.45) is 0 Å². The SMILES string of the molecule is O=C(Nc1ccccc1)C(F)(F)F.O=C(O)C(F)(F)F. The minimum atomic E-state index is -5.08. The van der Waals surface area contributed by atoms with Crippen molar-refractivity contribution in [2.75, 3.05) is 5.32 Å². The Hall–Kier alpha value is -2.26. The number of rotatable bonds is 1. The summed E-state index contributed by atoms with van der Waals surface area (Å²) >= 11 is 0. The second kappa shape index (κ2) is 6.78. The summed E-state index contributed by atoms with van der Waals surface area (Å²) in [5, 5.41) is 8.84. The molecule has 0 spiro atoms. The number of hydrogen-bond donors (Lipinski definition) is 2. The number of amides is 1. The molecule has 1 aromatic rings. The molecule has 0 saturated heterocycles. The Bertz CT molecular complexity index is 454. The molecule has 112 valence electrons. The molecule has 0 heterocycles. The largest absolute Gasteiger partial charge is 0.490 e. The van der Waals surface area contributed by atoms with Crippen molar-refractivity contribution in [3.8, 4) is 0 Å². The number of carbonyl (C=O) groups excluding carboxylic acids is 1. The molecule has 0 fully saturated rings. The normalized spacial score (nSPS) is 11.1.